The predicted molar refractivity (Wildman–Crippen MR) is 68.0 cm³/mol. The summed E-state index contributed by atoms with van der Waals surface area (Å²) in [4.78, 5) is 0. The molecule has 0 bridgehead atoms. The van der Waals surface area contributed by atoms with E-state index in [9.17, 15) is 0 Å². The van der Waals surface area contributed by atoms with Crippen LogP contribution in [0.2, 0.25) is 0 Å². The summed E-state index contributed by atoms with van der Waals surface area (Å²) in [6.07, 6.45) is 0.571. The minimum Gasteiger partial charge on any atom is -0.492 e. The van der Waals surface area contributed by atoms with E-state index in [-0.39, 0.29) is 0 Å². The van der Waals surface area contributed by atoms with Gasteiger partial charge in [-0.1, -0.05) is 17.2 Å². The van der Waals surface area contributed by atoms with Crippen molar-refractivity contribution >= 4 is 11.7 Å². The third-order valence-corrected chi connectivity index (χ3v) is 2.25. The van der Waals surface area contributed by atoms with Gasteiger partial charge in [0, 0.05) is 13.0 Å². The normalized spacial score (nSPS) is 10.3. The lowest BCUT2D eigenvalue weighted by Crippen LogP contribution is -2.02. The van der Waals surface area contributed by atoms with Crippen LogP contribution in [0.5, 0.6) is 5.75 Å². The Kier molecular flexibility index (Phi) is 4.14. The van der Waals surface area contributed by atoms with Gasteiger partial charge in [0.1, 0.15) is 5.75 Å². The second kappa shape index (κ2) is 6.02. The number of aromatic nitrogens is 2. The van der Waals surface area contributed by atoms with Crippen molar-refractivity contribution < 1.29 is 9.15 Å². The molecule has 0 amide bonds. The Morgan fingerprint density at radius 2 is 2.17 bits per heavy atom. The Balaban J connectivity index is 2.12. The molecule has 0 aliphatic heterocycles. The van der Waals surface area contributed by atoms with Gasteiger partial charge in [-0.2, -0.15) is 0 Å². The molecule has 0 saturated carbocycles. The molecule has 0 radical (unpaired) electrons. The van der Waals surface area contributed by atoms with Crippen molar-refractivity contribution in [2.45, 2.75) is 13.3 Å². The zero-order valence-electron chi connectivity index (χ0n) is 10.2. The summed E-state index contributed by atoms with van der Waals surface area (Å²) < 4.78 is 10.9. The lowest BCUT2D eigenvalue weighted by Gasteiger charge is -2.08. The fourth-order valence-electron chi connectivity index (χ4n) is 1.50. The molecule has 6 heteroatoms. The average Bonchev–Trinajstić information content (AvgIpc) is 2.80. The summed E-state index contributed by atoms with van der Waals surface area (Å²) in [5, 5.41) is 10.8. The van der Waals surface area contributed by atoms with Crippen LogP contribution in [0.15, 0.2) is 28.7 Å². The smallest absolute Gasteiger partial charge is 0.320 e. The van der Waals surface area contributed by atoms with Gasteiger partial charge in [-0.15, -0.1) is 5.10 Å². The minimum atomic E-state index is 0.339. The second-order valence-electron chi connectivity index (χ2n) is 3.59. The summed E-state index contributed by atoms with van der Waals surface area (Å²) in [7, 11) is 0. The lowest BCUT2D eigenvalue weighted by atomic mass is 10.3. The standard InChI is InChI=1S/C12H16N4O2/c1-2-17-10-6-4-3-5-9(10)14-12-16-15-11(18-12)7-8-13/h3-6H,2,7-8,13H2,1H3,(H,14,16). The van der Waals surface area contributed by atoms with Gasteiger partial charge in [-0.05, 0) is 19.1 Å². The zero-order chi connectivity index (χ0) is 12.8. The van der Waals surface area contributed by atoms with Crippen LogP contribution < -0.4 is 15.8 Å². The Bertz CT molecular complexity index is 498. The number of nitrogens with zero attached hydrogens (tertiary/aromatic N) is 2. The Morgan fingerprint density at radius 1 is 1.33 bits per heavy atom. The van der Waals surface area contributed by atoms with Gasteiger partial charge in [0.25, 0.3) is 0 Å². The van der Waals surface area contributed by atoms with Crippen LogP contribution in [0.3, 0.4) is 0 Å². The Morgan fingerprint density at radius 3 is 2.94 bits per heavy atom. The quantitative estimate of drug-likeness (QED) is 0.809. The summed E-state index contributed by atoms with van der Waals surface area (Å²) in [6, 6.07) is 7.91. The Labute approximate surface area is 105 Å². The van der Waals surface area contributed by atoms with Gasteiger partial charge in [0.05, 0.1) is 12.3 Å². The number of hydrogen-bond donors (Lipinski definition) is 2. The monoisotopic (exact) mass is 248 g/mol. The van der Waals surface area contributed by atoms with E-state index in [1.807, 2.05) is 31.2 Å². The average molecular weight is 248 g/mol. The summed E-state index contributed by atoms with van der Waals surface area (Å²) >= 11 is 0. The zero-order valence-corrected chi connectivity index (χ0v) is 10.2. The molecule has 0 spiro atoms. The van der Waals surface area contributed by atoms with Crippen molar-refractivity contribution in [1.82, 2.24) is 10.2 Å². The topological polar surface area (TPSA) is 86.2 Å². The van der Waals surface area contributed by atoms with E-state index in [0.29, 0.717) is 31.5 Å². The largest absolute Gasteiger partial charge is 0.492 e. The number of benzene rings is 1. The van der Waals surface area contributed by atoms with Crippen molar-refractivity contribution in [2.24, 2.45) is 5.73 Å². The molecule has 0 atom stereocenters. The predicted octanol–water partition coefficient (Wildman–Crippen LogP) is 1.71. The van der Waals surface area contributed by atoms with Crippen molar-refractivity contribution in [3.05, 3.63) is 30.2 Å². The highest BCUT2D eigenvalue weighted by atomic mass is 16.5. The van der Waals surface area contributed by atoms with E-state index in [1.165, 1.54) is 0 Å². The van der Waals surface area contributed by atoms with E-state index in [0.717, 1.165) is 11.4 Å². The van der Waals surface area contributed by atoms with Gasteiger partial charge in [0.2, 0.25) is 5.89 Å². The van der Waals surface area contributed by atoms with Gasteiger partial charge < -0.3 is 20.2 Å². The maximum Gasteiger partial charge on any atom is 0.320 e. The number of rotatable bonds is 6. The molecule has 1 heterocycles. The van der Waals surface area contributed by atoms with Crippen LogP contribution in [0.1, 0.15) is 12.8 Å². The van der Waals surface area contributed by atoms with E-state index >= 15 is 0 Å². The fraction of sp³-hybridized carbons (Fsp3) is 0.333. The first kappa shape index (κ1) is 12.4. The number of nitrogens with one attached hydrogen (secondary N) is 1. The van der Waals surface area contributed by atoms with E-state index < -0.39 is 0 Å². The number of hydrogen-bond acceptors (Lipinski definition) is 6. The first-order valence-electron chi connectivity index (χ1n) is 5.84. The minimum absolute atomic E-state index is 0.339. The highest BCUT2D eigenvalue weighted by Gasteiger charge is 2.08. The number of para-hydroxylation sites is 2. The van der Waals surface area contributed by atoms with Crippen molar-refractivity contribution in [3.63, 3.8) is 0 Å². The fourth-order valence-corrected chi connectivity index (χ4v) is 1.50. The molecular formula is C12H16N4O2. The van der Waals surface area contributed by atoms with Gasteiger partial charge in [-0.3, -0.25) is 0 Å². The van der Waals surface area contributed by atoms with Gasteiger partial charge in [-0.25, -0.2) is 0 Å². The van der Waals surface area contributed by atoms with Crippen LogP contribution >= 0.6 is 0 Å². The van der Waals surface area contributed by atoms with Crippen LogP contribution in [-0.2, 0) is 6.42 Å². The van der Waals surface area contributed by atoms with Crippen LogP contribution in [0.25, 0.3) is 0 Å². The third-order valence-electron chi connectivity index (χ3n) is 2.25. The third kappa shape index (κ3) is 2.98. The first-order chi connectivity index (χ1) is 8.83. The lowest BCUT2D eigenvalue weighted by molar-refractivity contribution is 0.342. The summed E-state index contributed by atoms with van der Waals surface area (Å²) in [5.74, 6) is 1.27. The molecule has 96 valence electrons. The molecule has 0 saturated heterocycles. The molecule has 3 N–H and O–H groups in total. The molecule has 1 aromatic carbocycles. The first-order valence-corrected chi connectivity index (χ1v) is 5.84. The van der Waals surface area contributed by atoms with E-state index in [1.54, 1.807) is 0 Å². The van der Waals surface area contributed by atoms with Crippen molar-refractivity contribution in [3.8, 4) is 5.75 Å². The maximum absolute atomic E-state index is 5.49. The molecule has 0 unspecified atom stereocenters. The van der Waals surface area contributed by atoms with E-state index in [2.05, 4.69) is 15.5 Å². The highest BCUT2D eigenvalue weighted by Crippen LogP contribution is 2.26. The van der Waals surface area contributed by atoms with E-state index in [4.69, 9.17) is 14.9 Å². The molecule has 0 aliphatic carbocycles. The Hall–Kier alpha value is -2.08. The molecule has 0 fully saturated rings. The molecule has 2 rings (SSSR count). The second-order valence-corrected chi connectivity index (χ2v) is 3.59. The molecule has 2 aromatic rings. The number of nitrogens with two attached hydrogens (primary N) is 1. The van der Waals surface area contributed by atoms with Crippen molar-refractivity contribution in [2.75, 3.05) is 18.5 Å². The van der Waals surface area contributed by atoms with Crippen molar-refractivity contribution in [1.29, 1.82) is 0 Å². The maximum atomic E-state index is 5.49. The summed E-state index contributed by atoms with van der Waals surface area (Å²) in [6.45, 7) is 3.01. The molecule has 1 aromatic heterocycles. The van der Waals surface area contributed by atoms with Crippen LogP contribution in [-0.4, -0.2) is 23.3 Å². The summed E-state index contributed by atoms with van der Waals surface area (Å²) in [5.41, 5.74) is 6.21. The van der Waals surface area contributed by atoms with Crippen LogP contribution in [0.4, 0.5) is 11.7 Å². The number of anilines is 2. The highest BCUT2D eigenvalue weighted by molar-refractivity contribution is 5.61. The molecule has 6 nitrogen and oxygen atoms in total. The molecule has 18 heavy (non-hydrogen) atoms. The number of ether oxygens (including phenoxy) is 1. The molecule has 0 aliphatic rings. The van der Waals surface area contributed by atoms with Gasteiger partial charge >= 0.3 is 6.01 Å². The SMILES string of the molecule is CCOc1ccccc1Nc1nnc(CCN)o1. The van der Waals surface area contributed by atoms with Gasteiger partial charge in [0.15, 0.2) is 0 Å². The molecular weight excluding hydrogens is 232 g/mol. The van der Waals surface area contributed by atoms with Crippen LogP contribution in [0, 0.1) is 0 Å².